The van der Waals surface area contributed by atoms with E-state index in [1.54, 1.807) is 25.1 Å². The van der Waals surface area contributed by atoms with Crippen LogP contribution in [0.25, 0.3) is 0 Å². The average molecular weight is 427 g/mol. The Morgan fingerprint density at radius 1 is 1.24 bits per heavy atom. The number of halogens is 2. The van der Waals surface area contributed by atoms with E-state index in [-0.39, 0.29) is 30.9 Å². The van der Waals surface area contributed by atoms with Crippen LogP contribution in [0.4, 0.5) is 0 Å². The maximum atomic E-state index is 12.3. The summed E-state index contributed by atoms with van der Waals surface area (Å²) in [6.45, 7) is 1.96. The highest BCUT2D eigenvalue weighted by Gasteiger charge is 2.19. The zero-order chi connectivity index (χ0) is 18.4. The number of pyridine rings is 1. The van der Waals surface area contributed by atoms with Gasteiger partial charge in [0.15, 0.2) is 11.5 Å². The molecule has 7 heteroatoms. The number of aromatic nitrogens is 1. The normalized spacial score (nSPS) is 10.5. The monoisotopic (exact) mass is 425 g/mol. The fourth-order valence-electron chi connectivity index (χ4n) is 2.22. The van der Waals surface area contributed by atoms with Gasteiger partial charge in [0.2, 0.25) is 0 Å². The number of hydrogen-bond donors (Lipinski definition) is 1. The molecule has 2 aromatic rings. The van der Waals surface area contributed by atoms with Crippen molar-refractivity contribution < 1.29 is 19.4 Å². The number of carbonyl (C=O) groups excluding carboxylic acids is 2. The van der Waals surface area contributed by atoms with Crippen LogP contribution in [0, 0.1) is 0 Å². The third-order valence-electron chi connectivity index (χ3n) is 3.42. The Morgan fingerprint density at radius 3 is 2.56 bits per heavy atom. The molecule has 25 heavy (non-hydrogen) atoms. The van der Waals surface area contributed by atoms with E-state index in [4.69, 9.17) is 16.3 Å². The van der Waals surface area contributed by atoms with Gasteiger partial charge >= 0.3 is 5.97 Å². The van der Waals surface area contributed by atoms with E-state index in [1.165, 1.54) is 0 Å². The number of benzene rings is 1. The van der Waals surface area contributed by atoms with Crippen LogP contribution in [-0.4, -0.2) is 28.4 Å². The van der Waals surface area contributed by atoms with Crippen molar-refractivity contribution in [3.05, 3.63) is 56.8 Å². The standard InChI is InChI=1S/C18H17BrClNO4/c1-2-25-16(23)8-7-15(22)17-18(24)14(19)10-13(21-17)9-11-3-5-12(20)6-4-11/h3-6,10,24H,2,7-9H2,1H3. The first-order chi connectivity index (χ1) is 11.9. The molecule has 0 radical (unpaired) electrons. The van der Waals surface area contributed by atoms with Crippen molar-refractivity contribution in [3.8, 4) is 5.75 Å². The predicted molar refractivity (Wildman–Crippen MR) is 98.1 cm³/mol. The smallest absolute Gasteiger partial charge is 0.306 e. The van der Waals surface area contributed by atoms with E-state index in [1.807, 2.05) is 12.1 Å². The molecule has 0 unspecified atom stereocenters. The van der Waals surface area contributed by atoms with Crippen LogP contribution in [0.15, 0.2) is 34.8 Å². The van der Waals surface area contributed by atoms with E-state index in [2.05, 4.69) is 20.9 Å². The van der Waals surface area contributed by atoms with Gasteiger partial charge in [0.25, 0.3) is 0 Å². The Kier molecular flexibility index (Phi) is 6.96. The Balaban J connectivity index is 2.17. The second-order valence-electron chi connectivity index (χ2n) is 5.32. The maximum absolute atomic E-state index is 12.3. The van der Waals surface area contributed by atoms with Crippen LogP contribution in [0.2, 0.25) is 5.02 Å². The maximum Gasteiger partial charge on any atom is 0.306 e. The lowest BCUT2D eigenvalue weighted by Gasteiger charge is -2.09. The molecule has 1 aromatic heterocycles. The molecule has 0 spiro atoms. The van der Waals surface area contributed by atoms with E-state index < -0.39 is 11.8 Å². The van der Waals surface area contributed by atoms with Gasteiger partial charge in [-0.05, 0) is 46.6 Å². The van der Waals surface area contributed by atoms with Gasteiger partial charge in [0, 0.05) is 23.6 Å². The first-order valence-electron chi connectivity index (χ1n) is 7.72. The summed E-state index contributed by atoms with van der Waals surface area (Å²) in [5.41, 5.74) is 1.54. The van der Waals surface area contributed by atoms with E-state index in [0.29, 0.717) is 21.6 Å². The predicted octanol–water partition coefficient (Wildman–Crippen LogP) is 4.32. The summed E-state index contributed by atoms with van der Waals surface area (Å²) in [6, 6.07) is 8.95. The van der Waals surface area contributed by atoms with Crippen LogP contribution in [0.1, 0.15) is 41.5 Å². The summed E-state index contributed by atoms with van der Waals surface area (Å²) >= 11 is 9.11. The first kappa shape index (κ1) is 19.4. The van der Waals surface area contributed by atoms with Gasteiger partial charge in [-0.2, -0.15) is 0 Å². The summed E-state index contributed by atoms with van der Waals surface area (Å²) in [6.07, 6.45) is 0.358. The van der Waals surface area contributed by atoms with Crippen LogP contribution in [-0.2, 0) is 16.0 Å². The van der Waals surface area contributed by atoms with E-state index >= 15 is 0 Å². The third kappa shape index (κ3) is 5.54. The molecule has 0 aliphatic rings. The molecule has 0 aliphatic heterocycles. The fraction of sp³-hybridized carbons (Fsp3) is 0.278. The zero-order valence-corrected chi connectivity index (χ0v) is 15.9. The molecule has 0 bridgehead atoms. The van der Waals surface area contributed by atoms with Gasteiger partial charge in [-0.15, -0.1) is 0 Å². The van der Waals surface area contributed by atoms with E-state index in [9.17, 15) is 14.7 Å². The summed E-state index contributed by atoms with van der Waals surface area (Å²) < 4.78 is 5.18. The van der Waals surface area contributed by atoms with Gasteiger partial charge < -0.3 is 9.84 Å². The lowest BCUT2D eigenvalue weighted by molar-refractivity contribution is -0.143. The molecule has 132 valence electrons. The van der Waals surface area contributed by atoms with Crippen LogP contribution >= 0.6 is 27.5 Å². The van der Waals surface area contributed by atoms with Crippen molar-refractivity contribution in [1.29, 1.82) is 0 Å². The molecule has 0 aliphatic carbocycles. The molecule has 1 N–H and O–H groups in total. The molecule has 0 atom stereocenters. The minimum absolute atomic E-state index is 0.0488. The van der Waals surface area contributed by atoms with E-state index in [0.717, 1.165) is 5.56 Å². The number of hydrogen-bond acceptors (Lipinski definition) is 5. The molecule has 0 saturated carbocycles. The van der Waals surface area contributed by atoms with Crippen LogP contribution in [0.3, 0.4) is 0 Å². The molecule has 2 rings (SSSR count). The molecule has 1 aromatic carbocycles. The highest BCUT2D eigenvalue weighted by atomic mass is 79.9. The van der Waals surface area contributed by atoms with Crippen molar-refractivity contribution in [1.82, 2.24) is 4.98 Å². The van der Waals surface area contributed by atoms with Crippen molar-refractivity contribution in [3.63, 3.8) is 0 Å². The fourth-order valence-corrected chi connectivity index (χ4v) is 2.80. The quantitative estimate of drug-likeness (QED) is 0.527. The molecular formula is C18H17BrClNO4. The van der Waals surface area contributed by atoms with Gasteiger partial charge in [-0.3, -0.25) is 9.59 Å². The minimum atomic E-state index is -0.452. The molecule has 0 amide bonds. The number of Topliss-reactive ketones (excluding diaryl/α,β-unsaturated/α-hetero) is 1. The lowest BCUT2D eigenvalue weighted by atomic mass is 10.1. The van der Waals surface area contributed by atoms with Gasteiger partial charge in [0.1, 0.15) is 5.69 Å². The van der Waals surface area contributed by atoms with Crippen molar-refractivity contribution in [2.45, 2.75) is 26.2 Å². The Morgan fingerprint density at radius 2 is 1.92 bits per heavy atom. The second-order valence-corrected chi connectivity index (χ2v) is 6.61. The second kappa shape index (κ2) is 8.97. The number of esters is 1. The number of rotatable bonds is 7. The summed E-state index contributed by atoms with van der Waals surface area (Å²) in [4.78, 5) is 28.0. The minimum Gasteiger partial charge on any atom is -0.504 e. The van der Waals surface area contributed by atoms with Crippen LogP contribution < -0.4 is 0 Å². The number of ether oxygens (including phenoxy) is 1. The summed E-state index contributed by atoms with van der Waals surface area (Å²) in [7, 11) is 0. The molecular weight excluding hydrogens is 410 g/mol. The number of nitrogens with zero attached hydrogens (tertiary/aromatic N) is 1. The van der Waals surface area contributed by atoms with Gasteiger partial charge in [-0.25, -0.2) is 4.98 Å². The Bertz CT molecular complexity index is 777. The average Bonchev–Trinajstić information content (AvgIpc) is 2.58. The molecule has 1 heterocycles. The van der Waals surface area contributed by atoms with Crippen molar-refractivity contribution in [2.24, 2.45) is 0 Å². The highest BCUT2D eigenvalue weighted by Crippen LogP contribution is 2.29. The topological polar surface area (TPSA) is 76.5 Å². The summed E-state index contributed by atoms with van der Waals surface area (Å²) in [5.74, 6) is -1.09. The van der Waals surface area contributed by atoms with Crippen LogP contribution in [0.5, 0.6) is 5.75 Å². The first-order valence-corrected chi connectivity index (χ1v) is 8.89. The number of aromatic hydroxyl groups is 1. The summed E-state index contributed by atoms with van der Waals surface area (Å²) in [5, 5.41) is 10.7. The zero-order valence-electron chi connectivity index (χ0n) is 13.6. The highest BCUT2D eigenvalue weighted by molar-refractivity contribution is 9.10. The molecule has 0 fully saturated rings. The Labute approximate surface area is 159 Å². The number of carbonyl (C=O) groups is 2. The van der Waals surface area contributed by atoms with Gasteiger partial charge in [-0.1, -0.05) is 23.7 Å². The largest absolute Gasteiger partial charge is 0.504 e. The van der Waals surface area contributed by atoms with Crippen molar-refractivity contribution >= 4 is 39.3 Å². The third-order valence-corrected chi connectivity index (χ3v) is 4.28. The van der Waals surface area contributed by atoms with Crippen molar-refractivity contribution in [2.75, 3.05) is 6.61 Å². The number of ketones is 1. The van der Waals surface area contributed by atoms with Gasteiger partial charge in [0.05, 0.1) is 17.5 Å². The SMILES string of the molecule is CCOC(=O)CCC(=O)c1nc(Cc2ccc(Cl)cc2)cc(Br)c1O. The Hall–Kier alpha value is -1.92. The molecule has 0 saturated heterocycles. The lowest BCUT2D eigenvalue weighted by Crippen LogP contribution is -2.10. The molecule has 5 nitrogen and oxygen atoms in total.